The van der Waals surface area contributed by atoms with Crippen LogP contribution in [-0.2, 0) is 4.79 Å². The molecule has 0 aliphatic rings. The van der Waals surface area contributed by atoms with Crippen molar-refractivity contribution in [2.24, 2.45) is 10.9 Å². The van der Waals surface area contributed by atoms with Gasteiger partial charge in [-0.1, -0.05) is 20.4 Å². The van der Waals surface area contributed by atoms with Gasteiger partial charge in [-0.2, -0.15) is 0 Å². The first kappa shape index (κ1) is 14.3. The van der Waals surface area contributed by atoms with Crippen molar-refractivity contribution in [3.63, 3.8) is 0 Å². The summed E-state index contributed by atoms with van der Waals surface area (Å²) >= 11 is 1.81. The zero-order chi connectivity index (χ0) is 11.8. The minimum absolute atomic E-state index is 0.0934. The van der Waals surface area contributed by atoms with Crippen LogP contribution in [0.15, 0.2) is 29.5 Å². The Morgan fingerprint density at radius 1 is 1.53 bits per heavy atom. The van der Waals surface area contributed by atoms with E-state index in [0.717, 1.165) is 5.70 Å². The lowest BCUT2D eigenvalue weighted by Gasteiger charge is -2.19. The monoisotopic (exact) mass is 320 g/mol. The van der Waals surface area contributed by atoms with Crippen LogP contribution in [0.2, 0.25) is 0 Å². The number of hydrogen-bond donors (Lipinski definition) is 1. The summed E-state index contributed by atoms with van der Waals surface area (Å²) in [6, 6.07) is -0.193. The fourth-order valence-corrected chi connectivity index (χ4v) is 1.84. The second kappa shape index (κ2) is 7.62. The number of rotatable bonds is 6. The largest absolute Gasteiger partial charge is 0.373 e. The Morgan fingerprint density at radius 3 is 2.47 bits per heavy atom. The van der Waals surface area contributed by atoms with E-state index in [1.807, 2.05) is 20.8 Å². The summed E-state index contributed by atoms with van der Waals surface area (Å²) in [4.78, 5) is 15.3. The predicted octanol–water partition coefficient (Wildman–Crippen LogP) is 2.68. The summed E-state index contributed by atoms with van der Waals surface area (Å²) in [6.45, 7) is 9.50. The van der Waals surface area contributed by atoms with Gasteiger partial charge in [-0.3, -0.25) is 9.79 Å². The summed E-state index contributed by atoms with van der Waals surface area (Å²) < 4.78 is 0.0934. The molecule has 84 valence electrons. The Labute approximate surface area is 105 Å². The lowest BCUT2D eigenvalue weighted by molar-refractivity contribution is -0.111. The Balaban J connectivity index is 4.63. The Morgan fingerprint density at radius 2 is 2.13 bits per heavy atom. The molecule has 0 amide bonds. The Hall–Kier alpha value is -0.650. The summed E-state index contributed by atoms with van der Waals surface area (Å²) in [5, 5.41) is 3.11. The van der Waals surface area contributed by atoms with Gasteiger partial charge < -0.3 is 5.32 Å². The average Bonchev–Trinajstić information content (AvgIpc) is 2.17. The second-order valence-electron chi connectivity index (χ2n) is 3.37. The highest BCUT2D eigenvalue weighted by Gasteiger charge is 2.19. The zero-order valence-electron chi connectivity index (χ0n) is 9.33. The average molecular weight is 320 g/mol. The minimum atomic E-state index is -0.193. The van der Waals surface area contributed by atoms with Crippen molar-refractivity contribution < 1.29 is 4.79 Å². The fourth-order valence-electron chi connectivity index (χ4n) is 0.969. The first-order valence-electron chi connectivity index (χ1n) is 4.79. The van der Waals surface area contributed by atoms with Crippen molar-refractivity contribution in [3.05, 3.63) is 24.6 Å². The molecule has 0 aromatic carbocycles. The van der Waals surface area contributed by atoms with Crippen LogP contribution in [0.1, 0.15) is 20.8 Å². The molecule has 1 N–H and O–H groups in total. The fraction of sp³-hybridized carbons (Fsp3) is 0.455. The number of nitrogens with zero attached hydrogens (tertiary/aromatic N) is 1. The van der Waals surface area contributed by atoms with Gasteiger partial charge in [0.05, 0.1) is 11.7 Å². The number of nitrogens with one attached hydrogen (secondary N) is 1. The van der Waals surface area contributed by atoms with Crippen LogP contribution in [-0.4, -0.2) is 16.0 Å². The molecule has 0 radical (unpaired) electrons. The van der Waals surface area contributed by atoms with Gasteiger partial charge in [0.15, 0.2) is 0 Å². The molecule has 0 saturated carbocycles. The normalized spacial score (nSPS) is 14.3. The highest BCUT2D eigenvalue weighted by Crippen LogP contribution is 2.09. The third kappa shape index (κ3) is 5.71. The smallest absolute Gasteiger partial charge is 0.214 e. The molecule has 0 rings (SSSR count). The molecule has 0 bridgehead atoms. The summed E-state index contributed by atoms with van der Waals surface area (Å²) in [6.07, 6.45) is 4.99. The minimum Gasteiger partial charge on any atom is -0.373 e. The molecule has 0 aromatic heterocycles. The first-order valence-corrected chi connectivity index (χ1v) is 5.87. The molecule has 0 heterocycles. The van der Waals surface area contributed by atoms with E-state index in [4.69, 9.17) is 0 Å². The van der Waals surface area contributed by atoms with Crippen LogP contribution in [0.25, 0.3) is 0 Å². The predicted molar refractivity (Wildman–Crippen MR) is 73.2 cm³/mol. The molecule has 0 saturated heterocycles. The molecule has 0 aliphatic carbocycles. The van der Waals surface area contributed by atoms with E-state index < -0.39 is 0 Å². The van der Waals surface area contributed by atoms with Crippen molar-refractivity contribution in [2.45, 2.75) is 26.8 Å². The molecular weight excluding hydrogens is 303 g/mol. The first-order chi connectivity index (χ1) is 7.02. The third-order valence-corrected chi connectivity index (χ3v) is 2.49. The number of halogens is 1. The number of aliphatic imine (C=N–C) groups is 1. The SMILES string of the molecule is C=C/C(=C\N=C/C)N[C@H](C(=O)I)C(C)C. The van der Waals surface area contributed by atoms with Gasteiger partial charge >= 0.3 is 0 Å². The lowest BCUT2D eigenvalue weighted by Crippen LogP contribution is -2.37. The maximum atomic E-state index is 11.3. The number of carbonyl (C=O) groups excluding carboxylic acids is 1. The van der Waals surface area contributed by atoms with Crippen LogP contribution in [0.4, 0.5) is 0 Å². The number of allylic oxidation sites excluding steroid dienone is 1. The molecular formula is C11H17IN2O. The van der Waals surface area contributed by atoms with Gasteiger partial charge in [0.1, 0.15) is 0 Å². The molecule has 3 nitrogen and oxygen atoms in total. The van der Waals surface area contributed by atoms with E-state index >= 15 is 0 Å². The van der Waals surface area contributed by atoms with Crippen molar-refractivity contribution >= 4 is 32.6 Å². The van der Waals surface area contributed by atoms with E-state index in [9.17, 15) is 4.79 Å². The van der Waals surface area contributed by atoms with Crippen molar-refractivity contribution in [1.29, 1.82) is 0 Å². The topological polar surface area (TPSA) is 41.5 Å². The van der Waals surface area contributed by atoms with E-state index in [-0.39, 0.29) is 15.7 Å². The maximum absolute atomic E-state index is 11.3. The van der Waals surface area contributed by atoms with Gasteiger partial charge in [-0.25, -0.2) is 0 Å². The van der Waals surface area contributed by atoms with Gasteiger partial charge in [-0.15, -0.1) is 0 Å². The third-order valence-electron chi connectivity index (χ3n) is 1.82. The van der Waals surface area contributed by atoms with Gasteiger partial charge in [-0.05, 0) is 18.9 Å². The zero-order valence-corrected chi connectivity index (χ0v) is 11.5. The summed E-state index contributed by atoms with van der Waals surface area (Å²) in [5.41, 5.74) is 0.761. The van der Waals surface area contributed by atoms with Crippen LogP contribution >= 0.6 is 22.6 Å². The molecule has 0 aromatic rings. The van der Waals surface area contributed by atoms with Gasteiger partial charge in [0.25, 0.3) is 0 Å². The van der Waals surface area contributed by atoms with E-state index in [2.05, 4.69) is 16.9 Å². The quantitative estimate of drug-likeness (QED) is 0.354. The van der Waals surface area contributed by atoms with Crippen LogP contribution in [0.3, 0.4) is 0 Å². The van der Waals surface area contributed by atoms with Crippen molar-refractivity contribution in [1.82, 2.24) is 5.32 Å². The number of carbonyl (C=O) groups is 1. The highest BCUT2D eigenvalue weighted by molar-refractivity contribution is 14.1. The second-order valence-corrected chi connectivity index (χ2v) is 4.43. The van der Waals surface area contributed by atoms with Crippen molar-refractivity contribution in [2.75, 3.05) is 0 Å². The maximum Gasteiger partial charge on any atom is 0.214 e. The number of hydrogen-bond acceptors (Lipinski definition) is 3. The molecule has 4 heteroatoms. The van der Waals surface area contributed by atoms with E-state index in [1.165, 1.54) is 0 Å². The molecule has 1 atom stereocenters. The van der Waals surface area contributed by atoms with Gasteiger partial charge in [0, 0.05) is 35.0 Å². The van der Waals surface area contributed by atoms with E-state index in [1.54, 1.807) is 41.1 Å². The van der Waals surface area contributed by atoms with Crippen LogP contribution in [0.5, 0.6) is 0 Å². The van der Waals surface area contributed by atoms with Crippen LogP contribution < -0.4 is 5.32 Å². The standard InChI is InChI=1S/C11H17IN2O/c1-5-9(7-13-6-2)14-10(8(3)4)11(12)15/h5-8,10,14H,1H2,2-4H3/b9-7+,13-6-/t10-/m0/s1. The summed E-state index contributed by atoms with van der Waals surface area (Å²) in [5.74, 6) is 0.239. The molecule has 0 spiro atoms. The molecule has 0 aliphatic heterocycles. The molecule has 0 unspecified atom stereocenters. The van der Waals surface area contributed by atoms with E-state index in [0.29, 0.717) is 0 Å². The van der Waals surface area contributed by atoms with Crippen LogP contribution in [0, 0.1) is 5.92 Å². The summed E-state index contributed by atoms with van der Waals surface area (Å²) in [7, 11) is 0. The lowest BCUT2D eigenvalue weighted by atomic mass is 10.1. The van der Waals surface area contributed by atoms with Crippen molar-refractivity contribution in [3.8, 4) is 0 Å². The molecule has 15 heavy (non-hydrogen) atoms. The highest BCUT2D eigenvalue weighted by atomic mass is 127. The Bertz CT molecular complexity index is 282. The molecule has 0 fully saturated rings. The van der Waals surface area contributed by atoms with Gasteiger partial charge in [0.2, 0.25) is 3.79 Å². The Kier molecular flexibility index (Phi) is 7.29.